The number of nitrogen functional groups attached to an aromatic ring is 1. The van der Waals surface area contributed by atoms with Crippen LogP contribution in [-0.2, 0) is 0 Å². The van der Waals surface area contributed by atoms with Crippen LogP contribution in [0.25, 0.3) is 0 Å². The largest absolute Gasteiger partial charge is 0.398 e. The molecule has 0 aliphatic heterocycles. The summed E-state index contributed by atoms with van der Waals surface area (Å²) in [4.78, 5) is 12.2. The van der Waals surface area contributed by atoms with Crippen molar-refractivity contribution in [2.45, 2.75) is 40.7 Å². The van der Waals surface area contributed by atoms with Crippen molar-refractivity contribution in [2.75, 3.05) is 5.73 Å². The zero-order valence-corrected chi connectivity index (χ0v) is 13.2. The van der Waals surface area contributed by atoms with Crippen LogP contribution in [0.15, 0.2) is 16.6 Å². The highest BCUT2D eigenvalue weighted by Gasteiger charge is 2.23. The van der Waals surface area contributed by atoms with E-state index in [0.717, 1.165) is 10.0 Å². The van der Waals surface area contributed by atoms with Gasteiger partial charge in [-0.05, 0) is 37.0 Å². The van der Waals surface area contributed by atoms with Crippen molar-refractivity contribution < 1.29 is 4.79 Å². The molecule has 3 nitrogen and oxygen atoms in total. The first-order valence-electron chi connectivity index (χ1n) is 5.99. The van der Waals surface area contributed by atoms with E-state index in [9.17, 15) is 4.79 Å². The Morgan fingerprint density at radius 1 is 1.39 bits per heavy atom. The summed E-state index contributed by atoms with van der Waals surface area (Å²) >= 11 is 3.36. The summed E-state index contributed by atoms with van der Waals surface area (Å²) in [6, 6.07) is 3.69. The van der Waals surface area contributed by atoms with E-state index >= 15 is 0 Å². The second kappa shape index (κ2) is 5.31. The first-order valence-corrected chi connectivity index (χ1v) is 6.78. The molecule has 1 unspecified atom stereocenters. The minimum absolute atomic E-state index is 0.0289. The molecule has 18 heavy (non-hydrogen) atoms. The Kier molecular flexibility index (Phi) is 4.43. The van der Waals surface area contributed by atoms with Gasteiger partial charge in [0.1, 0.15) is 0 Å². The summed E-state index contributed by atoms with van der Waals surface area (Å²) in [5, 5.41) is 3.02. The zero-order chi connectivity index (χ0) is 14.1. The molecule has 0 radical (unpaired) electrons. The SMILES string of the molecule is Cc1c(N)cc(Br)cc1C(=O)NC(C)C(C)(C)C. The average molecular weight is 313 g/mol. The molecule has 0 spiro atoms. The van der Waals surface area contributed by atoms with E-state index in [1.807, 2.05) is 13.8 Å². The van der Waals surface area contributed by atoms with Gasteiger partial charge in [-0.25, -0.2) is 0 Å². The summed E-state index contributed by atoms with van der Waals surface area (Å²) in [5.41, 5.74) is 7.96. The first kappa shape index (κ1) is 15.0. The molecule has 0 bridgehead atoms. The summed E-state index contributed by atoms with van der Waals surface area (Å²) < 4.78 is 0.819. The van der Waals surface area contributed by atoms with Gasteiger partial charge in [0.25, 0.3) is 5.91 Å². The molecule has 0 aliphatic carbocycles. The average Bonchev–Trinajstić information content (AvgIpc) is 2.21. The number of carbonyl (C=O) groups excluding carboxylic acids is 1. The maximum Gasteiger partial charge on any atom is 0.251 e. The lowest BCUT2D eigenvalue weighted by Crippen LogP contribution is -2.41. The second-order valence-electron chi connectivity index (χ2n) is 5.73. The van der Waals surface area contributed by atoms with E-state index in [2.05, 4.69) is 42.0 Å². The molecule has 1 atom stereocenters. The number of nitrogens with two attached hydrogens (primary N) is 1. The van der Waals surface area contributed by atoms with Crippen LogP contribution in [0.3, 0.4) is 0 Å². The molecule has 0 saturated heterocycles. The Balaban J connectivity index is 2.99. The number of hydrogen-bond donors (Lipinski definition) is 2. The van der Waals surface area contributed by atoms with Gasteiger partial charge in [0.2, 0.25) is 0 Å². The van der Waals surface area contributed by atoms with Crippen LogP contribution in [0.5, 0.6) is 0 Å². The molecule has 0 aliphatic rings. The van der Waals surface area contributed by atoms with Gasteiger partial charge in [-0.1, -0.05) is 36.7 Å². The van der Waals surface area contributed by atoms with Gasteiger partial charge < -0.3 is 11.1 Å². The Morgan fingerprint density at radius 2 is 1.94 bits per heavy atom. The Labute approximate surface area is 117 Å². The van der Waals surface area contributed by atoms with Crippen molar-refractivity contribution in [3.05, 3.63) is 27.7 Å². The number of carbonyl (C=O) groups is 1. The van der Waals surface area contributed by atoms with E-state index in [0.29, 0.717) is 11.3 Å². The molecule has 1 amide bonds. The number of amides is 1. The van der Waals surface area contributed by atoms with Crippen LogP contribution in [0.1, 0.15) is 43.6 Å². The predicted molar refractivity (Wildman–Crippen MR) is 79.7 cm³/mol. The van der Waals surface area contributed by atoms with Gasteiger partial charge in [-0.15, -0.1) is 0 Å². The van der Waals surface area contributed by atoms with Gasteiger partial charge in [0.15, 0.2) is 0 Å². The number of halogens is 1. The lowest BCUT2D eigenvalue weighted by molar-refractivity contribution is 0.0909. The van der Waals surface area contributed by atoms with Crippen molar-refractivity contribution in [3.8, 4) is 0 Å². The van der Waals surface area contributed by atoms with Gasteiger partial charge in [-0.3, -0.25) is 4.79 Å². The highest BCUT2D eigenvalue weighted by atomic mass is 79.9. The van der Waals surface area contributed by atoms with E-state index in [4.69, 9.17) is 5.73 Å². The van der Waals surface area contributed by atoms with Crippen LogP contribution in [0.4, 0.5) is 5.69 Å². The quantitative estimate of drug-likeness (QED) is 0.821. The Hall–Kier alpha value is -1.03. The van der Waals surface area contributed by atoms with Gasteiger partial charge in [0, 0.05) is 21.8 Å². The molecule has 0 aromatic heterocycles. The normalized spacial score (nSPS) is 13.2. The fourth-order valence-corrected chi connectivity index (χ4v) is 1.90. The summed E-state index contributed by atoms with van der Waals surface area (Å²) in [6.45, 7) is 10.2. The summed E-state index contributed by atoms with van der Waals surface area (Å²) in [7, 11) is 0. The van der Waals surface area contributed by atoms with E-state index in [1.54, 1.807) is 12.1 Å². The molecule has 1 aromatic rings. The first-order chi connectivity index (χ1) is 8.12. The molecule has 0 saturated carbocycles. The van der Waals surface area contributed by atoms with Crippen LogP contribution < -0.4 is 11.1 Å². The molecule has 1 rings (SSSR count). The number of benzene rings is 1. The van der Waals surface area contributed by atoms with E-state index in [-0.39, 0.29) is 17.4 Å². The highest BCUT2D eigenvalue weighted by Crippen LogP contribution is 2.24. The number of hydrogen-bond acceptors (Lipinski definition) is 2. The van der Waals surface area contributed by atoms with Gasteiger partial charge in [-0.2, -0.15) is 0 Å². The molecule has 0 heterocycles. The standard InChI is InChI=1S/C14H21BrN2O/c1-8-11(6-10(15)7-12(8)16)13(18)17-9(2)14(3,4)5/h6-7,9H,16H2,1-5H3,(H,17,18). The molecule has 4 heteroatoms. The van der Waals surface area contributed by atoms with Crippen molar-refractivity contribution in [3.63, 3.8) is 0 Å². The van der Waals surface area contributed by atoms with Crippen LogP contribution in [-0.4, -0.2) is 11.9 Å². The fraction of sp³-hybridized carbons (Fsp3) is 0.500. The Bertz CT molecular complexity index is 464. The van der Waals surface area contributed by atoms with Crippen molar-refractivity contribution in [2.24, 2.45) is 5.41 Å². The monoisotopic (exact) mass is 312 g/mol. The summed E-state index contributed by atoms with van der Waals surface area (Å²) in [5.74, 6) is -0.0806. The maximum atomic E-state index is 12.2. The van der Waals surface area contributed by atoms with Crippen molar-refractivity contribution in [1.29, 1.82) is 0 Å². The smallest absolute Gasteiger partial charge is 0.251 e. The lowest BCUT2D eigenvalue weighted by Gasteiger charge is -2.28. The van der Waals surface area contributed by atoms with Crippen LogP contribution >= 0.6 is 15.9 Å². The predicted octanol–water partition coefficient (Wildman–Crippen LogP) is 3.50. The third kappa shape index (κ3) is 3.48. The number of nitrogens with one attached hydrogen (secondary N) is 1. The van der Waals surface area contributed by atoms with Crippen molar-refractivity contribution >= 4 is 27.5 Å². The van der Waals surface area contributed by atoms with E-state index < -0.39 is 0 Å². The number of anilines is 1. The minimum atomic E-state index is -0.0806. The summed E-state index contributed by atoms with van der Waals surface area (Å²) in [6.07, 6.45) is 0. The second-order valence-corrected chi connectivity index (χ2v) is 6.64. The number of rotatable bonds is 2. The maximum absolute atomic E-state index is 12.2. The molecule has 1 aromatic carbocycles. The molecular formula is C14H21BrN2O. The van der Waals surface area contributed by atoms with Crippen LogP contribution in [0.2, 0.25) is 0 Å². The third-order valence-electron chi connectivity index (χ3n) is 3.30. The molecule has 100 valence electrons. The third-order valence-corrected chi connectivity index (χ3v) is 3.76. The fourth-order valence-electron chi connectivity index (χ4n) is 1.43. The zero-order valence-electron chi connectivity index (χ0n) is 11.6. The lowest BCUT2D eigenvalue weighted by atomic mass is 9.88. The van der Waals surface area contributed by atoms with Crippen molar-refractivity contribution in [1.82, 2.24) is 5.32 Å². The molecular weight excluding hydrogens is 292 g/mol. The molecule has 3 N–H and O–H groups in total. The van der Waals surface area contributed by atoms with E-state index in [1.165, 1.54) is 0 Å². The topological polar surface area (TPSA) is 55.1 Å². The molecule has 0 fully saturated rings. The highest BCUT2D eigenvalue weighted by molar-refractivity contribution is 9.10. The minimum Gasteiger partial charge on any atom is -0.398 e. The van der Waals surface area contributed by atoms with Crippen LogP contribution in [0, 0.1) is 12.3 Å². The van der Waals surface area contributed by atoms with Gasteiger partial charge in [0.05, 0.1) is 0 Å². The Morgan fingerprint density at radius 3 is 2.44 bits per heavy atom. The van der Waals surface area contributed by atoms with Gasteiger partial charge >= 0.3 is 0 Å².